The van der Waals surface area contributed by atoms with Crippen molar-refractivity contribution in [1.29, 1.82) is 0 Å². The van der Waals surface area contributed by atoms with Crippen molar-refractivity contribution >= 4 is 27.6 Å². The molecule has 0 radical (unpaired) electrons. The monoisotopic (exact) mass is 282 g/mol. The first-order valence-electron chi connectivity index (χ1n) is 6.94. The smallest absolute Gasteiger partial charge is 0.268 e. The number of rotatable bonds is 3. The predicted molar refractivity (Wildman–Crippen MR) is 84.4 cm³/mol. The second-order valence-corrected chi connectivity index (χ2v) is 5.93. The number of aliphatic hydroxyl groups excluding tert-OH is 1. The van der Waals surface area contributed by atoms with Crippen molar-refractivity contribution < 1.29 is 9.90 Å². The summed E-state index contributed by atoms with van der Waals surface area (Å²) in [6.07, 6.45) is 0. The Hall–Kier alpha value is -2.33. The fourth-order valence-corrected chi connectivity index (χ4v) is 2.42. The van der Waals surface area contributed by atoms with Gasteiger partial charge >= 0.3 is 0 Å². The van der Waals surface area contributed by atoms with Crippen LogP contribution in [-0.4, -0.2) is 28.1 Å². The average Bonchev–Trinajstić information content (AvgIpc) is 2.91. The molecule has 1 aromatic heterocycles. The van der Waals surface area contributed by atoms with Gasteiger partial charge in [-0.3, -0.25) is 4.79 Å². The Balaban J connectivity index is 2.05. The van der Waals surface area contributed by atoms with E-state index in [1.54, 1.807) is 13.8 Å². The fraction of sp³-hybridized carbons (Fsp3) is 0.235. The number of hydrogen-bond acceptors (Lipinski definition) is 2. The van der Waals surface area contributed by atoms with Gasteiger partial charge in [-0.2, -0.15) is 0 Å². The molecule has 108 valence electrons. The van der Waals surface area contributed by atoms with Crippen LogP contribution in [0.5, 0.6) is 0 Å². The first-order chi connectivity index (χ1) is 10.00. The van der Waals surface area contributed by atoms with E-state index in [-0.39, 0.29) is 12.5 Å². The second kappa shape index (κ2) is 4.90. The number of aromatic amines is 1. The van der Waals surface area contributed by atoms with E-state index in [4.69, 9.17) is 0 Å². The molecule has 0 unspecified atom stereocenters. The van der Waals surface area contributed by atoms with E-state index in [0.29, 0.717) is 5.69 Å². The van der Waals surface area contributed by atoms with Gasteiger partial charge in [0, 0.05) is 10.9 Å². The van der Waals surface area contributed by atoms with E-state index in [2.05, 4.69) is 16.4 Å². The van der Waals surface area contributed by atoms with Crippen molar-refractivity contribution in [2.24, 2.45) is 0 Å². The van der Waals surface area contributed by atoms with E-state index in [1.165, 1.54) is 0 Å². The average molecular weight is 282 g/mol. The lowest BCUT2D eigenvalue weighted by Crippen LogP contribution is -2.46. The molecule has 3 rings (SSSR count). The van der Waals surface area contributed by atoms with Gasteiger partial charge in [-0.25, -0.2) is 0 Å². The van der Waals surface area contributed by atoms with Crippen LogP contribution in [0.3, 0.4) is 0 Å². The summed E-state index contributed by atoms with van der Waals surface area (Å²) in [5.41, 5.74) is 0.791. The maximum atomic E-state index is 12.3. The number of aliphatic hydroxyl groups is 1. The van der Waals surface area contributed by atoms with E-state index >= 15 is 0 Å². The lowest BCUT2D eigenvalue weighted by molar-refractivity contribution is 0.0865. The van der Waals surface area contributed by atoms with Crippen LogP contribution in [0.25, 0.3) is 21.7 Å². The van der Waals surface area contributed by atoms with E-state index in [9.17, 15) is 9.90 Å². The third-order valence-corrected chi connectivity index (χ3v) is 3.62. The number of carbonyl (C=O) groups is 1. The van der Waals surface area contributed by atoms with Crippen LogP contribution in [0.1, 0.15) is 24.3 Å². The number of carbonyl (C=O) groups excluding carboxylic acids is 1. The Kier molecular flexibility index (Phi) is 3.18. The molecule has 4 heteroatoms. The summed E-state index contributed by atoms with van der Waals surface area (Å²) in [6, 6.07) is 14.0. The number of amides is 1. The van der Waals surface area contributed by atoms with Gasteiger partial charge in [0.05, 0.1) is 12.1 Å². The number of H-pyrrole nitrogens is 1. The summed E-state index contributed by atoms with van der Waals surface area (Å²) in [6.45, 7) is 3.45. The number of aromatic nitrogens is 1. The molecule has 4 nitrogen and oxygen atoms in total. The summed E-state index contributed by atoms with van der Waals surface area (Å²) in [4.78, 5) is 15.4. The second-order valence-electron chi connectivity index (χ2n) is 5.93. The molecule has 0 aliphatic rings. The highest BCUT2D eigenvalue weighted by Gasteiger charge is 2.21. The van der Waals surface area contributed by atoms with E-state index in [0.717, 1.165) is 21.7 Å². The zero-order valence-electron chi connectivity index (χ0n) is 12.1. The predicted octanol–water partition coefficient (Wildman–Crippen LogP) is 2.82. The van der Waals surface area contributed by atoms with Crippen molar-refractivity contribution in [2.45, 2.75) is 19.4 Å². The highest BCUT2D eigenvalue weighted by Crippen LogP contribution is 2.26. The molecule has 0 spiro atoms. The Bertz CT molecular complexity index is 818. The van der Waals surface area contributed by atoms with E-state index in [1.807, 2.05) is 36.4 Å². The number of nitrogens with one attached hydrogen (secondary N) is 2. The quantitative estimate of drug-likeness (QED) is 0.691. The zero-order valence-corrected chi connectivity index (χ0v) is 12.1. The molecule has 0 fully saturated rings. The van der Waals surface area contributed by atoms with Crippen LogP contribution in [0.15, 0.2) is 42.5 Å². The Morgan fingerprint density at radius 1 is 1.19 bits per heavy atom. The van der Waals surface area contributed by atoms with Crippen LogP contribution >= 0.6 is 0 Å². The molecule has 0 saturated carbocycles. The first kappa shape index (κ1) is 13.6. The molecule has 2 aromatic carbocycles. The molecular formula is C17H18N2O2. The van der Waals surface area contributed by atoms with Crippen LogP contribution in [0.2, 0.25) is 0 Å². The van der Waals surface area contributed by atoms with Gasteiger partial charge in [-0.15, -0.1) is 0 Å². The third-order valence-electron chi connectivity index (χ3n) is 3.62. The van der Waals surface area contributed by atoms with Crippen molar-refractivity contribution in [3.05, 3.63) is 48.2 Å². The molecule has 1 heterocycles. The normalized spacial score (nSPS) is 12.0. The molecule has 0 atom stereocenters. The van der Waals surface area contributed by atoms with Crippen molar-refractivity contribution in [3.63, 3.8) is 0 Å². The Labute approximate surface area is 122 Å². The maximum Gasteiger partial charge on any atom is 0.268 e. The highest BCUT2D eigenvalue weighted by atomic mass is 16.3. The van der Waals surface area contributed by atoms with Crippen LogP contribution < -0.4 is 5.32 Å². The van der Waals surface area contributed by atoms with Gasteiger partial charge in [0.1, 0.15) is 5.69 Å². The van der Waals surface area contributed by atoms with Gasteiger partial charge in [0.15, 0.2) is 0 Å². The van der Waals surface area contributed by atoms with Crippen LogP contribution in [0.4, 0.5) is 0 Å². The standard InChI is InChI=1S/C17H18N2O2/c1-17(2,10-20)19-16(21)15-9-13-12-6-4-3-5-11(12)7-8-14(13)18-15/h3-9,18,20H,10H2,1-2H3,(H,19,21). The number of benzene rings is 2. The van der Waals surface area contributed by atoms with Crippen LogP contribution in [-0.2, 0) is 0 Å². The Morgan fingerprint density at radius 2 is 1.95 bits per heavy atom. The third kappa shape index (κ3) is 2.50. The SMILES string of the molecule is CC(C)(CO)NC(=O)c1cc2c(ccc3ccccc32)[nH]1. The largest absolute Gasteiger partial charge is 0.394 e. The zero-order chi connectivity index (χ0) is 15.0. The maximum absolute atomic E-state index is 12.3. The summed E-state index contributed by atoms with van der Waals surface area (Å²) >= 11 is 0. The van der Waals surface area contributed by atoms with E-state index < -0.39 is 5.54 Å². The van der Waals surface area contributed by atoms with Crippen molar-refractivity contribution in [2.75, 3.05) is 6.61 Å². The minimum Gasteiger partial charge on any atom is -0.394 e. The van der Waals surface area contributed by atoms with Gasteiger partial charge in [0.2, 0.25) is 0 Å². The molecule has 0 saturated heterocycles. The topological polar surface area (TPSA) is 65.1 Å². The summed E-state index contributed by atoms with van der Waals surface area (Å²) in [7, 11) is 0. The number of hydrogen-bond donors (Lipinski definition) is 3. The molecule has 0 bridgehead atoms. The van der Waals surface area contributed by atoms with Crippen molar-refractivity contribution in [3.8, 4) is 0 Å². The van der Waals surface area contributed by atoms with Gasteiger partial charge < -0.3 is 15.4 Å². The van der Waals surface area contributed by atoms with Gasteiger partial charge in [-0.1, -0.05) is 30.3 Å². The molecule has 21 heavy (non-hydrogen) atoms. The molecule has 3 aromatic rings. The highest BCUT2D eigenvalue weighted by molar-refractivity contribution is 6.09. The molecule has 0 aliphatic carbocycles. The molecular weight excluding hydrogens is 264 g/mol. The minimum atomic E-state index is -0.642. The van der Waals surface area contributed by atoms with Gasteiger partial charge in [0.25, 0.3) is 5.91 Å². The lowest BCUT2D eigenvalue weighted by Gasteiger charge is -2.22. The molecule has 1 amide bonds. The molecule has 3 N–H and O–H groups in total. The summed E-state index contributed by atoms with van der Waals surface area (Å²) < 4.78 is 0. The van der Waals surface area contributed by atoms with Crippen LogP contribution in [0, 0.1) is 0 Å². The van der Waals surface area contributed by atoms with Gasteiger partial charge in [-0.05, 0) is 36.8 Å². The molecule has 0 aliphatic heterocycles. The number of fused-ring (bicyclic) bond motifs is 3. The summed E-state index contributed by atoms with van der Waals surface area (Å²) in [5.74, 6) is -0.214. The lowest BCUT2D eigenvalue weighted by atomic mass is 10.1. The van der Waals surface area contributed by atoms with Crippen molar-refractivity contribution in [1.82, 2.24) is 10.3 Å². The Morgan fingerprint density at radius 3 is 2.71 bits per heavy atom. The minimum absolute atomic E-state index is 0.109. The fourth-order valence-electron chi connectivity index (χ4n) is 2.42. The first-order valence-corrected chi connectivity index (χ1v) is 6.94. The summed E-state index contributed by atoms with van der Waals surface area (Å²) in [5, 5.41) is 15.3.